The number of amides is 4. The van der Waals surface area contributed by atoms with E-state index in [9.17, 15) is 14.4 Å². The Balaban J connectivity index is 1.83. The van der Waals surface area contributed by atoms with Crippen LogP contribution in [0.3, 0.4) is 0 Å². The van der Waals surface area contributed by atoms with Gasteiger partial charge in [-0.25, -0.2) is 4.79 Å². The zero-order valence-corrected chi connectivity index (χ0v) is 12.3. The SMILES string of the molecule is CC1(CN2Cc3cc(Br)ccc3C2=O)NC(=O)NC1=O. The second-order valence-corrected chi connectivity index (χ2v) is 6.12. The predicted molar refractivity (Wildman–Crippen MR) is 74.0 cm³/mol. The summed E-state index contributed by atoms with van der Waals surface area (Å²) in [6.45, 7) is 2.20. The van der Waals surface area contributed by atoms with Crippen LogP contribution in [0.5, 0.6) is 0 Å². The van der Waals surface area contributed by atoms with Crippen LogP contribution in [0.2, 0.25) is 0 Å². The molecule has 0 aliphatic carbocycles. The highest BCUT2D eigenvalue weighted by Gasteiger charge is 2.45. The lowest BCUT2D eigenvalue weighted by Gasteiger charge is -2.26. The number of carbonyl (C=O) groups excluding carboxylic acids is 3. The molecule has 104 valence electrons. The van der Waals surface area contributed by atoms with Gasteiger partial charge in [-0.3, -0.25) is 14.9 Å². The van der Waals surface area contributed by atoms with Crippen LogP contribution >= 0.6 is 15.9 Å². The van der Waals surface area contributed by atoms with E-state index in [0.717, 1.165) is 10.0 Å². The second-order valence-electron chi connectivity index (χ2n) is 5.20. The van der Waals surface area contributed by atoms with E-state index in [1.807, 2.05) is 12.1 Å². The van der Waals surface area contributed by atoms with E-state index < -0.39 is 17.5 Å². The fourth-order valence-corrected chi connectivity index (χ4v) is 2.96. The van der Waals surface area contributed by atoms with Gasteiger partial charge in [-0.2, -0.15) is 0 Å². The molecule has 2 aliphatic heterocycles. The number of rotatable bonds is 2. The van der Waals surface area contributed by atoms with Crippen LogP contribution in [-0.2, 0) is 11.3 Å². The third kappa shape index (κ3) is 1.98. The Morgan fingerprint density at radius 1 is 1.35 bits per heavy atom. The van der Waals surface area contributed by atoms with Crippen molar-refractivity contribution in [3.05, 3.63) is 33.8 Å². The minimum Gasteiger partial charge on any atom is -0.331 e. The minimum absolute atomic E-state index is 0.123. The van der Waals surface area contributed by atoms with E-state index in [4.69, 9.17) is 0 Å². The lowest BCUT2D eigenvalue weighted by molar-refractivity contribution is -0.123. The Kier molecular flexibility index (Phi) is 2.82. The fraction of sp³-hybridized carbons (Fsp3) is 0.308. The number of halogens is 1. The van der Waals surface area contributed by atoms with Crippen LogP contribution in [0.15, 0.2) is 22.7 Å². The number of imide groups is 1. The van der Waals surface area contributed by atoms with Crippen molar-refractivity contribution in [2.75, 3.05) is 6.54 Å². The minimum atomic E-state index is -1.08. The van der Waals surface area contributed by atoms with E-state index >= 15 is 0 Å². The van der Waals surface area contributed by atoms with Crippen molar-refractivity contribution >= 4 is 33.8 Å². The number of nitrogens with zero attached hydrogens (tertiary/aromatic N) is 1. The van der Waals surface area contributed by atoms with E-state index in [1.54, 1.807) is 17.9 Å². The van der Waals surface area contributed by atoms with E-state index in [1.165, 1.54) is 0 Å². The molecule has 4 amide bonds. The fourth-order valence-electron chi connectivity index (χ4n) is 2.55. The van der Waals surface area contributed by atoms with Crippen molar-refractivity contribution in [2.24, 2.45) is 0 Å². The monoisotopic (exact) mass is 337 g/mol. The van der Waals surface area contributed by atoms with Crippen LogP contribution in [0, 0.1) is 0 Å². The average Bonchev–Trinajstić information content (AvgIpc) is 2.77. The summed E-state index contributed by atoms with van der Waals surface area (Å²) in [6, 6.07) is 4.94. The maximum atomic E-state index is 12.3. The Labute approximate surface area is 123 Å². The molecule has 7 heteroatoms. The summed E-state index contributed by atoms with van der Waals surface area (Å²) in [5, 5.41) is 4.75. The Morgan fingerprint density at radius 2 is 2.10 bits per heavy atom. The van der Waals surface area contributed by atoms with Crippen LogP contribution in [0.4, 0.5) is 4.79 Å². The molecule has 0 saturated carbocycles. The zero-order valence-electron chi connectivity index (χ0n) is 10.7. The van der Waals surface area contributed by atoms with E-state index in [-0.39, 0.29) is 12.5 Å². The van der Waals surface area contributed by atoms with Crippen molar-refractivity contribution < 1.29 is 14.4 Å². The summed E-state index contributed by atoms with van der Waals surface area (Å²) in [7, 11) is 0. The number of fused-ring (bicyclic) bond motifs is 1. The van der Waals surface area contributed by atoms with Crippen LogP contribution in [0.1, 0.15) is 22.8 Å². The molecule has 0 bridgehead atoms. The van der Waals surface area contributed by atoms with Gasteiger partial charge in [-0.15, -0.1) is 0 Å². The van der Waals surface area contributed by atoms with E-state index in [0.29, 0.717) is 12.1 Å². The molecule has 1 atom stereocenters. The summed E-state index contributed by atoms with van der Waals surface area (Å²) >= 11 is 3.37. The summed E-state index contributed by atoms with van der Waals surface area (Å²) in [6.07, 6.45) is 0. The van der Waals surface area contributed by atoms with Gasteiger partial charge in [-0.05, 0) is 30.7 Å². The maximum absolute atomic E-state index is 12.3. The number of hydrogen-bond donors (Lipinski definition) is 2. The first kappa shape index (κ1) is 13.1. The quantitative estimate of drug-likeness (QED) is 0.790. The first-order chi connectivity index (χ1) is 9.39. The molecule has 2 aliphatic rings. The van der Waals surface area contributed by atoms with Gasteiger partial charge in [0.25, 0.3) is 11.8 Å². The van der Waals surface area contributed by atoms with Crippen molar-refractivity contribution in [1.29, 1.82) is 0 Å². The van der Waals surface area contributed by atoms with Crippen LogP contribution in [0.25, 0.3) is 0 Å². The Hall–Kier alpha value is -1.89. The molecule has 20 heavy (non-hydrogen) atoms. The topological polar surface area (TPSA) is 78.5 Å². The Bertz CT molecular complexity index is 646. The van der Waals surface area contributed by atoms with Gasteiger partial charge in [0.05, 0.1) is 6.54 Å². The first-order valence-corrected chi connectivity index (χ1v) is 6.90. The summed E-state index contributed by atoms with van der Waals surface area (Å²) < 4.78 is 0.907. The summed E-state index contributed by atoms with van der Waals surface area (Å²) in [4.78, 5) is 36.9. The molecule has 0 radical (unpaired) electrons. The zero-order chi connectivity index (χ0) is 14.5. The van der Waals surface area contributed by atoms with Crippen molar-refractivity contribution in [3.63, 3.8) is 0 Å². The lowest BCUT2D eigenvalue weighted by atomic mass is 10.0. The van der Waals surface area contributed by atoms with Gasteiger partial charge in [0.1, 0.15) is 5.54 Å². The largest absolute Gasteiger partial charge is 0.331 e. The first-order valence-electron chi connectivity index (χ1n) is 6.10. The molecule has 1 aromatic carbocycles. The van der Waals surface area contributed by atoms with Gasteiger partial charge in [0.2, 0.25) is 0 Å². The molecule has 0 aromatic heterocycles. The second kappa shape index (κ2) is 4.31. The van der Waals surface area contributed by atoms with Gasteiger partial charge in [0.15, 0.2) is 0 Å². The van der Waals surface area contributed by atoms with Gasteiger partial charge < -0.3 is 10.2 Å². The molecular weight excluding hydrogens is 326 g/mol. The number of nitrogens with one attached hydrogen (secondary N) is 2. The number of hydrogen-bond acceptors (Lipinski definition) is 3. The molecular formula is C13H12BrN3O3. The van der Waals surface area contributed by atoms with Crippen LogP contribution < -0.4 is 10.6 Å². The summed E-state index contributed by atoms with van der Waals surface area (Å²) in [5.74, 6) is -0.532. The van der Waals surface area contributed by atoms with Gasteiger partial charge >= 0.3 is 6.03 Å². The number of urea groups is 1. The molecule has 1 fully saturated rings. The lowest BCUT2D eigenvalue weighted by Crippen LogP contribution is -2.52. The van der Waals surface area contributed by atoms with Crippen molar-refractivity contribution in [3.8, 4) is 0 Å². The molecule has 3 rings (SSSR count). The summed E-state index contributed by atoms with van der Waals surface area (Å²) in [5.41, 5.74) is 0.477. The smallest absolute Gasteiger partial charge is 0.322 e. The Morgan fingerprint density at radius 3 is 2.75 bits per heavy atom. The molecule has 1 unspecified atom stereocenters. The van der Waals surface area contributed by atoms with Gasteiger partial charge in [0, 0.05) is 16.6 Å². The third-order valence-electron chi connectivity index (χ3n) is 3.57. The molecule has 2 heterocycles. The van der Waals surface area contributed by atoms with Crippen LogP contribution in [-0.4, -0.2) is 34.8 Å². The highest BCUT2D eigenvalue weighted by Crippen LogP contribution is 2.27. The predicted octanol–water partition coefficient (Wildman–Crippen LogP) is 1.00. The van der Waals surface area contributed by atoms with Crippen molar-refractivity contribution in [1.82, 2.24) is 15.5 Å². The highest BCUT2D eigenvalue weighted by atomic mass is 79.9. The van der Waals surface area contributed by atoms with Crippen molar-refractivity contribution in [2.45, 2.75) is 19.0 Å². The molecule has 0 spiro atoms. The molecule has 1 saturated heterocycles. The van der Waals surface area contributed by atoms with Gasteiger partial charge in [-0.1, -0.05) is 15.9 Å². The number of benzene rings is 1. The molecule has 2 N–H and O–H groups in total. The maximum Gasteiger partial charge on any atom is 0.322 e. The standard InChI is InChI=1S/C13H12BrN3O3/c1-13(11(19)15-12(20)16-13)6-17-5-7-4-8(14)2-3-9(7)10(17)18/h2-4H,5-6H2,1H3,(H2,15,16,19,20). The third-order valence-corrected chi connectivity index (χ3v) is 4.06. The highest BCUT2D eigenvalue weighted by molar-refractivity contribution is 9.10. The van der Waals surface area contributed by atoms with E-state index in [2.05, 4.69) is 26.6 Å². The normalized spacial score (nSPS) is 24.7. The number of carbonyl (C=O) groups is 3. The molecule has 6 nitrogen and oxygen atoms in total. The average molecular weight is 338 g/mol. The molecule has 1 aromatic rings.